The summed E-state index contributed by atoms with van der Waals surface area (Å²) in [5, 5.41) is 0. The predicted molar refractivity (Wildman–Crippen MR) is 55.3 cm³/mol. The maximum absolute atomic E-state index is 5.43. The zero-order chi connectivity index (χ0) is 9.26. The third kappa shape index (κ3) is 1.40. The number of nitrogens with zero attached hydrogens (tertiary/aromatic N) is 1. The van der Waals surface area contributed by atoms with Crippen LogP contribution in [0, 0.1) is 4.84 Å². The van der Waals surface area contributed by atoms with E-state index in [2.05, 4.69) is 6.92 Å². The number of para-hydroxylation sites is 2. The van der Waals surface area contributed by atoms with Crippen molar-refractivity contribution >= 4 is 23.3 Å². The molecule has 0 aliphatic carbocycles. The summed E-state index contributed by atoms with van der Waals surface area (Å²) in [4.78, 5) is 0.572. The summed E-state index contributed by atoms with van der Waals surface area (Å²) >= 11 is 5.11. The molecule has 0 saturated carbocycles. The number of oxazole rings is 1. The number of aryl methyl sites for hydroxylation is 1. The molecule has 0 aliphatic heterocycles. The van der Waals surface area contributed by atoms with Crippen LogP contribution in [0.15, 0.2) is 28.7 Å². The topological polar surface area (TPSA) is 18.1 Å². The number of benzene rings is 1. The van der Waals surface area contributed by atoms with Crippen LogP contribution < -0.4 is 0 Å². The van der Waals surface area contributed by atoms with Gasteiger partial charge in [-0.2, -0.15) is 0 Å². The van der Waals surface area contributed by atoms with Gasteiger partial charge in [0.05, 0.1) is 5.52 Å². The molecule has 68 valence electrons. The van der Waals surface area contributed by atoms with E-state index in [0.29, 0.717) is 4.84 Å². The van der Waals surface area contributed by atoms with E-state index in [0.717, 1.165) is 24.1 Å². The van der Waals surface area contributed by atoms with E-state index in [9.17, 15) is 0 Å². The van der Waals surface area contributed by atoms with Gasteiger partial charge in [0, 0.05) is 6.54 Å². The van der Waals surface area contributed by atoms with Crippen molar-refractivity contribution in [2.75, 3.05) is 0 Å². The quantitative estimate of drug-likeness (QED) is 0.680. The highest BCUT2D eigenvalue weighted by atomic mass is 32.1. The van der Waals surface area contributed by atoms with Crippen LogP contribution in [-0.4, -0.2) is 4.57 Å². The minimum Gasteiger partial charge on any atom is -0.429 e. The molecular formula is C10H11NOS. The van der Waals surface area contributed by atoms with Crippen LogP contribution in [0.3, 0.4) is 0 Å². The third-order valence-corrected chi connectivity index (χ3v) is 2.32. The zero-order valence-electron chi connectivity index (χ0n) is 7.49. The fourth-order valence-electron chi connectivity index (χ4n) is 1.45. The monoisotopic (exact) mass is 193 g/mol. The average Bonchev–Trinajstić information content (AvgIpc) is 2.44. The van der Waals surface area contributed by atoms with Gasteiger partial charge in [-0.1, -0.05) is 19.1 Å². The van der Waals surface area contributed by atoms with Gasteiger partial charge in [0.25, 0.3) is 4.84 Å². The summed E-state index contributed by atoms with van der Waals surface area (Å²) in [7, 11) is 0. The SMILES string of the molecule is CCCn1c(=S)oc2ccccc21. The fraction of sp³-hybridized carbons (Fsp3) is 0.300. The number of rotatable bonds is 2. The zero-order valence-corrected chi connectivity index (χ0v) is 8.30. The smallest absolute Gasteiger partial charge is 0.269 e. The van der Waals surface area contributed by atoms with Crippen molar-refractivity contribution in [3.8, 4) is 0 Å². The molecule has 0 bridgehead atoms. The van der Waals surface area contributed by atoms with Crippen LogP contribution in [0.4, 0.5) is 0 Å². The molecule has 1 aromatic carbocycles. The van der Waals surface area contributed by atoms with Crippen molar-refractivity contribution in [2.45, 2.75) is 19.9 Å². The first-order valence-electron chi connectivity index (χ1n) is 4.41. The Morgan fingerprint density at radius 1 is 1.38 bits per heavy atom. The summed E-state index contributed by atoms with van der Waals surface area (Å²) in [6.07, 6.45) is 1.07. The van der Waals surface area contributed by atoms with Crippen molar-refractivity contribution < 1.29 is 4.42 Å². The van der Waals surface area contributed by atoms with E-state index in [1.165, 1.54) is 0 Å². The van der Waals surface area contributed by atoms with Gasteiger partial charge in [-0.25, -0.2) is 0 Å². The maximum atomic E-state index is 5.43. The Balaban J connectivity index is 2.71. The van der Waals surface area contributed by atoms with Gasteiger partial charge in [0.1, 0.15) is 0 Å². The molecule has 0 spiro atoms. The second-order valence-electron chi connectivity index (χ2n) is 2.99. The van der Waals surface area contributed by atoms with Crippen LogP contribution in [0.5, 0.6) is 0 Å². The van der Waals surface area contributed by atoms with Crippen molar-refractivity contribution in [2.24, 2.45) is 0 Å². The Morgan fingerprint density at radius 3 is 2.92 bits per heavy atom. The first-order valence-corrected chi connectivity index (χ1v) is 4.82. The summed E-state index contributed by atoms with van der Waals surface area (Å²) in [6, 6.07) is 7.93. The second kappa shape index (κ2) is 3.34. The number of hydrogen-bond donors (Lipinski definition) is 0. The van der Waals surface area contributed by atoms with Gasteiger partial charge >= 0.3 is 0 Å². The van der Waals surface area contributed by atoms with Gasteiger partial charge in [-0.15, -0.1) is 0 Å². The van der Waals surface area contributed by atoms with Crippen molar-refractivity contribution in [3.63, 3.8) is 0 Å². The molecule has 3 heteroatoms. The first-order chi connectivity index (χ1) is 6.33. The van der Waals surface area contributed by atoms with Crippen molar-refractivity contribution in [1.82, 2.24) is 4.57 Å². The van der Waals surface area contributed by atoms with Crippen LogP contribution in [0.2, 0.25) is 0 Å². The van der Waals surface area contributed by atoms with Gasteiger partial charge in [-0.05, 0) is 30.8 Å². The number of aromatic nitrogens is 1. The van der Waals surface area contributed by atoms with E-state index in [1.807, 2.05) is 28.8 Å². The van der Waals surface area contributed by atoms with Gasteiger partial charge in [0.15, 0.2) is 5.58 Å². The van der Waals surface area contributed by atoms with Crippen LogP contribution in [0.25, 0.3) is 11.1 Å². The molecule has 1 heterocycles. The van der Waals surface area contributed by atoms with E-state index in [1.54, 1.807) is 0 Å². The molecule has 0 N–H and O–H groups in total. The van der Waals surface area contributed by atoms with Crippen molar-refractivity contribution in [1.29, 1.82) is 0 Å². The largest absolute Gasteiger partial charge is 0.429 e. The number of fused-ring (bicyclic) bond motifs is 1. The molecule has 0 saturated heterocycles. The Hall–Kier alpha value is -1.09. The highest BCUT2D eigenvalue weighted by Gasteiger charge is 2.03. The van der Waals surface area contributed by atoms with Crippen LogP contribution in [0.1, 0.15) is 13.3 Å². The maximum Gasteiger partial charge on any atom is 0.269 e. The van der Waals surface area contributed by atoms with Crippen LogP contribution in [-0.2, 0) is 6.54 Å². The lowest BCUT2D eigenvalue weighted by molar-refractivity contribution is 0.532. The second-order valence-corrected chi connectivity index (χ2v) is 3.34. The Kier molecular flexibility index (Phi) is 2.19. The average molecular weight is 193 g/mol. The summed E-state index contributed by atoms with van der Waals surface area (Å²) in [5.41, 5.74) is 1.97. The molecule has 13 heavy (non-hydrogen) atoms. The Bertz CT molecular complexity index is 469. The Labute approximate surface area is 81.8 Å². The molecule has 0 atom stereocenters. The predicted octanol–water partition coefficient (Wildman–Crippen LogP) is 3.37. The highest BCUT2D eigenvalue weighted by Crippen LogP contribution is 2.16. The lowest BCUT2D eigenvalue weighted by Crippen LogP contribution is -1.94. The molecule has 2 nitrogen and oxygen atoms in total. The summed E-state index contributed by atoms with van der Waals surface area (Å²) in [5.74, 6) is 0. The minimum absolute atomic E-state index is 0.572. The standard InChI is InChI=1S/C10H11NOS/c1-2-7-11-8-5-3-4-6-9(8)12-10(11)13/h3-6H,2,7H2,1H3. The van der Waals surface area contributed by atoms with Crippen LogP contribution >= 0.6 is 12.2 Å². The fourth-order valence-corrected chi connectivity index (χ4v) is 1.73. The van der Waals surface area contributed by atoms with E-state index in [-0.39, 0.29) is 0 Å². The summed E-state index contributed by atoms with van der Waals surface area (Å²) in [6.45, 7) is 3.05. The van der Waals surface area contributed by atoms with Gasteiger partial charge < -0.3 is 4.42 Å². The molecule has 0 radical (unpaired) electrons. The highest BCUT2D eigenvalue weighted by molar-refractivity contribution is 7.71. The molecule has 0 aliphatic rings. The molecule has 0 fully saturated rings. The first kappa shape index (κ1) is 8.51. The molecule has 2 rings (SSSR count). The van der Waals surface area contributed by atoms with Gasteiger partial charge in [-0.3, -0.25) is 4.57 Å². The molecule has 1 aromatic heterocycles. The van der Waals surface area contributed by atoms with E-state index < -0.39 is 0 Å². The normalized spacial score (nSPS) is 10.8. The molecule has 2 aromatic rings. The lowest BCUT2D eigenvalue weighted by Gasteiger charge is -1.98. The Morgan fingerprint density at radius 2 is 2.15 bits per heavy atom. The molecule has 0 unspecified atom stereocenters. The molecular weight excluding hydrogens is 182 g/mol. The van der Waals surface area contributed by atoms with E-state index in [4.69, 9.17) is 16.6 Å². The van der Waals surface area contributed by atoms with E-state index >= 15 is 0 Å². The lowest BCUT2D eigenvalue weighted by atomic mass is 10.3. The van der Waals surface area contributed by atoms with Crippen molar-refractivity contribution in [3.05, 3.63) is 29.1 Å². The number of hydrogen-bond acceptors (Lipinski definition) is 2. The minimum atomic E-state index is 0.572. The van der Waals surface area contributed by atoms with Gasteiger partial charge in [0.2, 0.25) is 0 Å². The third-order valence-electron chi connectivity index (χ3n) is 2.02. The summed E-state index contributed by atoms with van der Waals surface area (Å²) < 4.78 is 7.46. The molecule has 0 amide bonds.